The van der Waals surface area contributed by atoms with Crippen molar-refractivity contribution < 1.29 is 9.53 Å². The van der Waals surface area contributed by atoms with Crippen molar-refractivity contribution in [3.05, 3.63) is 27.1 Å². The quantitative estimate of drug-likeness (QED) is 0.726. The van der Waals surface area contributed by atoms with E-state index in [1.54, 1.807) is 22.2 Å². The average molecular weight is 433 g/mol. The number of hydrogen-bond acceptors (Lipinski definition) is 6. The van der Waals surface area contributed by atoms with E-state index in [9.17, 15) is 9.59 Å². The molecular weight excluding hydrogens is 400 g/mol. The van der Waals surface area contributed by atoms with Crippen molar-refractivity contribution in [1.29, 1.82) is 0 Å². The Balaban J connectivity index is 1.40. The Kier molecular flexibility index (Phi) is 6.27. The van der Waals surface area contributed by atoms with Gasteiger partial charge in [0.2, 0.25) is 5.91 Å². The predicted octanol–water partition coefficient (Wildman–Crippen LogP) is 2.57. The number of nitrogens with zero attached hydrogens (tertiary/aromatic N) is 4. The maximum atomic E-state index is 13.0. The molecule has 4 heterocycles. The van der Waals surface area contributed by atoms with Gasteiger partial charge in [-0.05, 0) is 46.1 Å². The van der Waals surface area contributed by atoms with E-state index in [1.165, 1.54) is 0 Å². The Hall–Kier alpha value is -1.77. The second kappa shape index (κ2) is 8.77. The van der Waals surface area contributed by atoms with Crippen LogP contribution >= 0.6 is 11.3 Å². The van der Waals surface area contributed by atoms with Crippen molar-refractivity contribution >= 4 is 27.5 Å². The van der Waals surface area contributed by atoms with Gasteiger partial charge in [0.05, 0.1) is 23.9 Å². The highest BCUT2D eigenvalue weighted by molar-refractivity contribution is 7.18. The highest BCUT2D eigenvalue weighted by Gasteiger charge is 2.32. The first-order valence-corrected chi connectivity index (χ1v) is 11.8. The zero-order valence-corrected chi connectivity index (χ0v) is 19.2. The van der Waals surface area contributed by atoms with Gasteiger partial charge in [-0.25, -0.2) is 4.98 Å². The number of ether oxygens (including phenoxy) is 1. The summed E-state index contributed by atoms with van der Waals surface area (Å²) in [7, 11) is 0. The van der Waals surface area contributed by atoms with Gasteiger partial charge in [0.15, 0.2) is 0 Å². The normalized spacial score (nSPS) is 25.3. The molecule has 3 atom stereocenters. The standard InChI is InChI=1S/C22H32N4O3S/c1-14-10-24(11-15(2)29-14)12-18-6-5-8-26(18)19(27)7-9-25-13-23-21-20(22(25)28)16(3)17(4)30-21/h13-15,18H,5-12H2,1-4H3. The molecule has 30 heavy (non-hydrogen) atoms. The third kappa shape index (κ3) is 4.31. The third-order valence-electron chi connectivity index (χ3n) is 6.38. The van der Waals surface area contributed by atoms with Crippen LogP contribution in [0.2, 0.25) is 0 Å². The molecular formula is C22H32N4O3S. The number of hydrogen-bond donors (Lipinski definition) is 0. The number of thiophene rings is 1. The van der Waals surface area contributed by atoms with Gasteiger partial charge < -0.3 is 9.64 Å². The van der Waals surface area contributed by atoms with E-state index < -0.39 is 0 Å². The van der Waals surface area contributed by atoms with Gasteiger partial charge in [0.25, 0.3) is 5.56 Å². The molecule has 2 saturated heterocycles. The molecule has 0 aromatic carbocycles. The number of rotatable bonds is 5. The minimum atomic E-state index is -0.0380. The largest absolute Gasteiger partial charge is 0.373 e. The summed E-state index contributed by atoms with van der Waals surface area (Å²) < 4.78 is 7.43. The second-order valence-corrected chi connectivity index (χ2v) is 10.0. The summed E-state index contributed by atoms with van der Waals surface area (Å²) in [5.74, 6) is 0.136. The third-order valence-corrected chi connectivity index (χ3v) is 7.50. The van der Waals surface area contributed by atoms with Crippen LogP contribution in [0.15, 0.2) is 11.1 Å². The molecule has 8 heteroatoms. The summed E-state index contributed by atoms with van der Waals surface area (Å²) in [6.45, 7) is 12.1. The molecule has 164 valence electrons. The van der Waals surface area contributed by atoms with Crippen molar-refractivity contribution in [3.8, 4) is 0 Å². The summed E-state index contributed by atoms with van der Waals surface area (Å²) in [6, 6.07) is 0.258. The first kappa shape index (κ1) is 21.5. The first-order valence-electron chi connectivity index (χ1n) is 11.0. The van der Waals surface area contributed by atoms with Crippen LogP contribution in [0.4, 0.5) is 0 Å². The molecule has 3 unspecified atom stereocenters. The van der Waals surface area contributed by atoms with Crippen molar-refractivity contribution in [3.63, 3.8) is 0 Å². The molecule has 0 N–H and O–H groups in total. The second-order valence-electron chi connectivity index (χ2n) is 8.82. The Morgan fingerprint density at radius 2 is 2.00 bits per heavy atom. The Morgan fingerprint density at radius 1 is 1.27 bits per heavy atom. The minimum Gasteiger partial charge on any atom is -0.373 e. The van der Waals surface area contributed by atoms with E-state index in [0.29, 0.717) is 18.4 Å². The SMILES string of the molecule is Cc1sc2ncn(CCC(=O)N3CCCC3CN3CC(C)OC(C)C3)c(=O)c2c1C. The van der Waals surface area contributed by atoms with E-state index in [4.69, 9.17) is 4.74 Å². The lowest BCUT2D eigenvalue weighted by atomic mass is 10.1. The van der Waals surface area contributed by atoms with Gasteiger partial charge in [0.1, 0.15) is 4.83 Å². The van der Waals surface area contributed by atoms with Crippen molar-refractivity contribution in [2.75, 3.05) is 26.2 Å². The molecule has 2 aromatic heterocycles. The molecule has 0 radical (unpaired) electrons. The zero-order valence-electron chi connectivity index (χ0n) is 18.4. The first-order chi connectivity index (χ1) is 14.3. The molecule has 2 fully saturated rings. The smallest absolute Gasteiger partial charge is 0.262 e. The number of likely N-dealkylation sites (tertiary alicyclic amines) is 1. The van der Waals surface area contributed by atoms with Gasteiger partial charge in [-0.1, -0.05) is 0 Å². The number of aromatic nitrogens is 2. The summed E-state index contributed by atoms with van der Waals surface area (Å²) in [4.78, 5) is 36.7. The Labute approximate surface area is 181 Å². The monoisotopic (exact) mass is 432 g/mol. The molecule has 1 amide bonds. The van der Waals surface area contributed by atoms with Crippen LogP contribution in [0.25, 0.3) is 10.2 Å². The maximum Gasteiger partial charge on any atom is 0.262 e. The number of carbonyl (C=O) groups is 1. The Morgan fingerprint density at radius 3 is 2.73 bits per heavy atom. The van der Waals surface area contributed by atoms with Gasteiger partial charge in [-0.2, -0.15) is 0 Å². The number of fused-ring (bicyclic) bond motifs is 1. The maximum absolute atomic E-state index is 13.0. The van der Waals surface area contributed by atoms with Gasteiger partial charge >= 0.3 is 0 Å². The molecule has 4 rings (SSSR count). The summed E-state index contributed by atoms with van der Waals surface area (Å²) in [6.07, 6.45) is 4.49. The fourth-order valence-electron chi connectivity index (χ4n) is 4.87. The van der Waals surface area contributed by atoms with Crippen molar-refractivity contribution in [2.24, 2.45) is 0 Å². The zero-order chi connectivity index (χ0) is 21.4. The summed E-state index contributed by atoms with van der Waals surface area (Å²) >= 11 is 1.55. The molecule has 0 aliphatic carbocycles. The summed E-state index contributed by atoms with van der Waals surface area (Å²) in [5, 5.41) is 0.696. The molecule has 2 aromatic rings. The van der Waals surface area contributed by atoms with Crippen molar-refractivity contribution in [2.45, 2.75) is 71.8 Å². The van der Waals surface area contributed by atoms with Gasteiger partial charge in [-0.15, -0.1) is 11.3 Å². The predicted molar refractivity (Wildman–Crippen MR) is 119 cm³/mol. The van der Waals surface area contributed by atoms with Crippen LogP contribution in [0.1, 0.15) is 43.6 Å². The lowest BCUT2D eigenvalue weighted by molar-refractivity contribution is -0.133. The molecule has 7 nitrogen and oxygen atoms in total. The molecule has 0 spiro atoms. The molecule has 0 saturated carbocycles. The summed E-state index contributed by atoms with van der Waals surface area (Å²) in [5.41, 5.74) is 0.964. The number of morpholine rings is 1. The molecule has 0 bridgehead atoms. The van der Waals surface area contributed by atoms with E-state index in [1.807, 2.05) is 18.7 Å². The average Bonchev–Trinajstić information content (AvgIpc) is 3.25. The number of amides is 1. The van der Waals surface area contributed by atoms with Crippen LogP contribution in [0.5, 0.6) is 0 Å². The highest BCUT2D eigenvalue weighted by Crippen LogP contribution is 2.25. The fourth-order valence-corrected chi connectivity index (χ4v) is 5.86. The van der Waals surface area contributed by atoms with Crippen LogP contribution < -0.4 is 5.56 Å². The van der Waals surface area contributed by atoms with E-state index in [-0.39, 0.29) is 29.7 Å². The molecule has 2 aliphatic rings. The van der Waals surface area contributed by atoms with Crippen LogP contribution in [-0.2, 0) is 16.1 Å². The van der Waals surface area contributed by atoms with Gasteiger partial charge in [0, 0.05) is 50.1 Å². The lowest BCUT2D eigenvalue weighted by Crippen LogP contribution is -2.51. The van der Waals surface area contributed by atoms with Crippen LogP contribution in [0, 0.1) is 13.8 Å². The number of carbonyl (C=O) groups excluding carboxylic acids is 1. The topological polar surface area (TPSA) is 67.7 Å². The number of aryl methyl sites for hydroxylation is 3. The van der Waals surface area contributed by atoms with Crippen LogP contribution in [-0.4, -0.2) is 69.7 Å². The minimum absolute atomic E-state index is 0.0380. The lowest BCUT2D eigenvalue weighted by Gasteiger charge is -2.38. The Bertz CT molecular complexity index is 975. The van der Waals surface area contributed by atoms with E-state index in [0.717, 1.165) is 54.3 Å². The van der Waals surface area contributed by atoms with E-state index in [2.05, 4.69) is 23.7 Å². The van der Waals surface area contributed by atoms with Crippen LogP contribution in [0.3, 0.4) is 0 Å². The highest BCUT2D eigenvalue weighted by atomic mass is 32.1. The fraction of sp³-hybridized carbons (Fsp3) is 0.682. The van der Waals surface area contributed by atoms with Gasteiger partial charge in [-0.3, -0.25) is 19.1 Å². The van der Waals surface area contributed by atoms with Crippen molar-refractivity contribution in [1.82, 2.24) is 19.4 Å². The molecule has 2 aliphatic heterocycles. The van der Waals surface area contributed by atoms with E-state index >= 15 is 0 Å².